The Kier molecular flexibility index (Phi) is 29.1. The molecule has 112 heavy (non-hydrogen) atoms. The molecule has 0 saturated carbocycles. The summed E-state index contributed by atoms with van der Waals surface area (Å²) >= 11 is 26.7. The Morgan fingerprint density at radius 2 is 0.857 bits per heavy atom. The van der Waals surface area contributed by atoms with Gasteiger partial charge in [-0.25, -0.2) is 62.7 Å². The molecular formula is C69H87B2BrCl3N16O15S6. The first-order chi connectivity index (χ1) is 50.1. The van der Waals surface area contributed by atoms with Crippen LogP contribution in [-0.2, 0) is 65.5 Å². The van der Waals surface area contributed by atoms with Crippen LogP contribution in [0.2, 0.25) is 15.1 Å². The summed E-state index contributed by atoms with van der Waals surface area (Å²) in [7, 11) is -7.43. The number of carbonyl (C=O) groups is 2. The Morgan fingerprint density at radius 3 is 1.20 bits per heavy atom. The van der Waals surface area contributed by atoms with Crippen molar-refractivity contribution in [3.05, 3.63) is 144 Å². The Bertz CT molecular complexity index is 5280. The molecule has 9 aromatic rings. The summed E-state index contributed by atoms with van der Waals surface area (Å²) in [4.78, 5) is 41.3. The van der Waals surface area contributed by atoms with Gasteiger partial charge in [-0.3, -0.25) is 10.6 Å². The Balaban J connectivity index is 0.000000234. The number of rotatable bonds is 9. The maximum Gasteiger partial charge on any atom is 0.494 e. The second-order valence-corrected chi connectivity index (χ2v) is 40.3. The molecule has 2 amide bonds. The molecule has 3 aromatic carbocycles. The third kappa shape index (κ3) is 21.4. The van der Waals surface area contributed by atoms with Crippen LogP contribution in [0.1, 0.15) is 119 Å². The second-order valence-electron chi connectivity index (χ2n) is 28.5. The summed E-state index contributed by atoms with van der Waals surface area (Å²) in [5.41, 5.74) is 5.30. The van der Waals surface area contributed by atoms with Crippen molar-refractivity contribution in [2.75, 3.05) is 38.4 Å². The Morgan fingerprint density at radius 1 is 0.527 bits per heavy atom. The van der Waals surface area contributed by atoms with Gasteiger partial charge < -0.3 is 43.9 Å². The number of nitrogens with two attached hydrogens (primary N) is 1. The molecule has 0 bridgehead atoms. The van der Waals surface area contributed by atoms with Crippen LogP contribution in [0.4, 0.5) is 9.59 Å². The number of nitrogens with one attached hydrogen (secondary N) is 2. The number of aliphatic imine (C=N–C) groups is 3. The van der Waals surface area contributed by atoms with Crippen LogP contribution >= 0.6 is 84.7 Å². The molecule has 1 saturated heterocycles. The number of hydrogen-bond acceptors (Lipinski definition) is 29. The van der Waals surface area contributed by atoms with Crippen LogP contribution < -0.4 is 28.0 Å². The molecule has 0 unspecified atom stereocenters. The molecular weight excluding hydrogens is 1690 g/mol. The van der Waals surface area contributed by atoms with E-state index in [-0.39, 0.29) is 82.9 Å². The fourth-order valence-electron chi connectivity index (χ4n) is 10.9. The topological polar surface area (TPSA) is 422 Å². The lowest BCUT2D eigenvalue weighted by molar-refractivity contribution is 0.00578. The molecule has 1 fully saturated rings. The highest BCUT2D eigenvalue weighted by Crippen LogP contribution is 2.48. The number of benzene rings is 3. The van der Waals surface area contributed by atoms with E-state index in [1.54, 1.807) is 80.5 Å². The minimum Gasteiger partial charge on any atom is -0.444 e. The standard InChI is InChI=1S/C22H24ClN5O5S2.C17H16ClN5O3S2.C14H17BN2O3.C14H19BrClN3O4S2.2CH4.B.H3N/c1-21(2,3)33-20(29)25-19-26-22(4,11-35(30,31)28(19)5)17-15(23)10-16(34-17)13-7-6-8-14(9-13)18-27-24-12-32-18;1-17(8-28(24,25)23(2)16(19)21-17)14-12(18)7-13(27-14)10-4-3-5-11(6-10)15-22-20-9-26-15;1-13(2)14(3,4)20-15(19-13)11-7-5-6-10(8-11)12-17-16-9-18-12;1-13(2,3)23-12(20)17-11-18-14(4,7-25(21,22)19(11)5)10-8(16)6-9(15)24-10;;;;/h6-10,12H,11H2,1-5H3,(H,25,26,29);3-7,9H,8H2,1-2H3,(H2,19,21);5-9H,1-4H3;6H,7H2,1-5H3,(H,17,18,20);2*1H4;;1H3/t22-;17-;;14-;;;;/m00.0..../s1. The normalized spacial score (nSPS) is 20.4. The van der Waals surface area contributed by atoms with Crippen molar-refractivity contribution in [3.8, 4) is 55.2 Å². The third-order valence-electron chi connectivity index (χ3n) is 16.9. The lowest BCUT2D eigenvalue weighted by atomic mass is 9.78. The molecule has 31 nitrogen and oxygen atoms in total. The van der Waals surface area contributed by atoms with Gasteiger partial charge >= 0.3 is 19.3 Å². The zero-order valence-electron chi connectivity index (χ0n) is 62.4. The van der Waals surface area contributed by atoms with E-state index in [0.29, 0.717) is 47.4 Å². The molecule has 0 aliphatic carbocycles. The molecule has 0 spiro atoms. The van der Waals surface area contributed by atoms with Crippen LogP contribution in [0.25, 0.3) is 55.2 Å². The number of hydrogen-bond donors (Lipinski definition) is 4. The SMILES string of the molecule is C.C.CC1(C)OB(c2cccc(-c3nnco3)c2)OC1(C)C.CN1C(N)=N[C@](C)(c2sc(-c3cccc(-c4nnco4)c3)cc2Cl)CS1(=O)=O.CN1C(NC(=O)OC(C)(C)C)=N[C@](C)(c2sc(-c3cccc(-c4nnco4)c3)cc2Cl)CS1(=O)=O.CN1C(NC(=O)OC(C)(C)C)=N[C@](C)(c2sc(Br)cc2Cl)CS1(=O)=O.N.[B]. The molecule has 7 N–H and O–H groups in total. The predicted octanol–water partition coefficient (Wildman–Crippen LogP) is 14.0. The van der Waals surface area contributed by atoms with Gasteiger partial charge in [-0.1, -0.05) is 86.1 Å². The minimum absolute atomic E-state index is 0. The predicted molar refractivity (Wildman–Crippen MR) is 445 cm³/mol. The van der Waals surface area contributed by atoms with Crippen LogP contribution in [0.3, 0.4) is 0 Å². The summed E-state index contributed by atoms with van der Waals surface area (Å²) in [6.07, 6.45) is 2.25. The molecule has 603 valence electrons. The highest BCUT2D eigenvalue weighted by molar-refractivity contribution is 9.11. The lowest BCUT2D eigenvalue weighted by Crippen LogP contribution is -2.53. The Hall–Kier alpha value is -7.86. The number of halogens is 4. The highest BCUT2D eigenvalue weighted by atomic mass is 79.9. The van der Waals surface area contributed by atoms with Gasteiger partial charge in [0, 0.05) is 56.0 Å². The van der Waals surface area contributed by atoms with Gasteiger partial charge in [-0.05, 0) is 177 Å². The quantitative estimate of drug-likeness (QED) is 0.0975. The van der Waals surface area contributed by atoms with E-state index >= 15 is 0 Å². The Labute approximate surface area is 689 Å². The first-order valence-corrected chi connectivity index (χ1v) is 41.8. The maximum absolute atomic E-state index is 13.0. The van der Waals surface area contributed by atoms with Crippen LogP contribution in [0, 0.1) is 0 Å². The van der Waals surface area contributed by atoms with Crippen molar-refractivity contribution in [3.63, 3.8) is 0 Å². The van der Waals surface area contributed by atoms with Crippen molar-refractivity contribution in [1.82, 2.24) is 60.3 Å². The average molecular weight is 1780 g/mol. The van der Waals surface area contributed by atoms with Crippen molar-refractivity contribution >= 4 is 166 Å². The summed E-state index contributed by atoms with van der Waals surface area (Å²) in [5, 5.41) is 29.0. The summed E-state index contributed by atoms with van der Waals surface area (Å²) in [6.45, 7) is 23.5. The van der Waals surface area contributed by atoms with E-state index < -0.39 is 70.1 Å². The average Bonchev–Trinajstić information content (AvgIpc) is 1.67. The number of thiophene rings is 3. The fourth-order valence-corrected chi connectivity index (χ4v) is 21.0. The smallest absolute Gasteiger partial charge is 0.444 e. The monoisotopic (exact) mass is 1780 g/mol. The number of aromatic nitrogens is 6. The van der Waals surface area contributed by atoms with E-state index in [1.165, 1.54) is 74.3 Å². The van der Waals surface area contributed by atoms with Crippen molar-refractivity contribution in [2.45, 2.75) is 144 Å². The van der Waals surface area contributed by atoms with Crippen molar-refractivity contribution in [1.29, 1.82) is 0 Å². The van der Waals surface area contributed by atoms with Gasteiger partial charge in [0.2, 0.25) is 84.8 Å². The minimum atomic E-state index is -3.81. The number of ether oxygens (including phenoxy) is 2. The van der Waals surface area contributed by atoms with Crippen molar-refractivity contribution in [2.24, 2.45) is 20.7 Å². The molecule has 4 aliphatic rings. The molecule has 43 heteroatoms. The molecule has 10 heterocycles. The van der Waals surface area contributed by atoms with Crippen molar-refractivity contribution < 1.29 is 66.9 Å². The highest BCUT2D eigenvalue weighted by Gasteiger charge is 2.52. The van der Waals surface area contributed by atoms with Gasteiger partial charge in [0.15, 0.2) is 0 Å². The first kappa shape index (κ1) is 93.0. The number of sulfonamides is 3. The molecule has 6 aromatic heterocycles. The zero-order valence-corrected chi connectivity index (χ0v) is 71.2. The van der Waals surface area contributed by atoms with Gasteiger partial charge in [-0.15, -0.1) is 64.6 Å². The molecule has 13 rings (SSSR count). The molecule has 4 aliphatic heterocycles. The van der Waals surface area contributed by atoms with Crippen LogP contribution in [0.5, 0.6) is 0 Å². The number of nitrogens with zero attached hydrogens (tertiary/aromatic N) is 12. The van der Waals surface area contributed by atoms with Gasteiger partial charge in [0.05, 0.1) is 61.9 Å². The number of alkyl carbamates (subject to hydrolysis) is 2. The van der Waals surface area contributed by atoms with Gasteiger partial charge in [-0.2, -0.15) is 0 Å². The number of carbonyl (C=O) groups excluding carboxylic acids is 2. The van der Waals surface area contributed by atoms with E-state index in [0.717, 1.165) is 59.7 Å². The van der Waals surface area contributed by atoms with E-state index in [2.05, 4.69) is 72.1 Å². The summed E-state index contributed by atoms with van der Waals surface area (Å²) in [6, 6.07) is 28.1. The zero-order chi connectivity index (χ0) is 79.3. The molecule has 3 atom stereocenters. The van der Waals surface area contributed by atoms with Gasteiger partial charge in [0.25, 0.3) is 0 Å². The van der Waals surface area contributed by atoms with Gasteiger partial charge in [0.1, 0.15) is 27.8 Å². The number of guanidine groups is 3. The maximum atomic E-state index is 13.0. The summed E-state index contributed by atoms with van der Waals surface area (Å²) < 4.78 is 118. The van der Waals surface area contributed by atoms with E-state index in [9.17, 15) is 34.8 Å². The first-order valence-electron chi connectivity index (χ1n) is 32.6. The molecule has 3 radical (unpaired) electrons. The summed E-state index contributed by atoms with van der Waals surface area (Å²) in [5.74, 6) is 0.183. The second kappa shape index (κ2) is 35.1. The van der Waals surface area contributed by atoms with E-state index in [1.807, 2.05) is 100 Å². The number of amides is 2. The third-order valence-corrected chi connectivity index (χ3v) is 28.7. The lowest BCUT2D eigenvalue weighted by Gasteiger charge is -2.35. The largest absolute Gasteiger partial charge is 0.494 e. The van der Waals surface area contributed by atoms with Crippen LogP contribution in [-0.4, -0.2) is 175 Å². The van der Waals surface area contributed by atoms with E-state index in [4.69, 9.17) is 72.6 Å². The fraction of sp³-hybridized carbons (Fsp3) is 0.406. The van der Waals surface area contributed by atoms with Crippen LogP contribution in [0.15, 0.2) is 142 Å².